The van der Waals surface area contributed by atoms with E-state index in [1.54, 1.807) is 25.3 Å². The van der Waals surface area contributed by atoms with Crippen molar-refractivity contribution in [2.75, 3.05) is 6.61 Å². The van der Waals surface area contributed by atoms with Crippen LogP contribution in [0.25, 0.3) is 16.7 Å². The molecular formula is C21H22N2O4. The van der Waals surface area contributed by atoms with Crippen molar-refractivity contribution in [2.24, 2.45) is 0 Å². The first kappa shape index (κ1) is 18.6. The van der Waals surface area contributed by atoms with E-state index in [-0.39, 0.29) is 17.3 Å². The van der Waals surface area contributed by atoms with Gasteiger partial charge in [-0.05, 0) is 50.5 Å². The Morgan fingerprint density at radius 1 is 1.15 bits per heavy atom. The van der Waals surface area contributed by atoms with E-state index >= 15 is 0 Å². The molecule has 2 aromatic heterocycles. The minimum Gasteiger partial charge on any atom is -0.507 e. The quantitative estimate of drug-likeness (QED) is 0.512. The zero-order chi connectivity index (χ0) is 19.2. The molecule has 0 bridgehead atoms. The van der Waals surface area contributed by atoms with Crippen molar-refractivity contribution in [2.45, 2.75) is 32.6 Å². The lowest BCUT2D eigenvalue weighted by molar-refractivity contribution is -0.143. The van der Waals surface area contributed by atoms with Crippen LogP contribution in [0.1, 0.15) is 31.7 Å². The zero-order valence-electron chi connectivity index (χ0n) is 15.2. The summed E-state index contributed by atoms with van der Waals surface area (Å²) >= 11 is 0. The fraction of sp³-hybridized carbons (Fsp3) is 0.286. The van der Waals surface area contributed by atoms with Gasteiger partial charge in [0.05, 0.1) is 23.2 Å². The van der Waals surface area contributed by atoms with Gasteiger partial charge in [-0.1, -0.05) is 18.2 Å². The lowest BCUT2D eigenvalue weighted by atomic mass is 10.0. The van der Waals surface area contributed by atoms with Crippen molar-refractivity contribution < 1.29 is 14.6 Å². The van der Waals surface area contributed by atoms with Gasteiger partial charge >= 0.3 is 5.97 Å². The summed E-state index contributed by atoms with van der Waals surface area (Å²) < 4.78 is 6.44. The predicted octanol–water partition coefficient (Wildman–Crippen LogP) is 3.37. The number of unbranched alkanes of at least 4 members (excludes halogenated alkanes) is 1. The number of rotatable bonds is 7. The van der Waals surface area contributed by atoms with Crippen LogP contribution in [0, 0.1) is 0 Å². The number of hydrogen-bond donors (Lipinski definition) is 1. The standard InChI is InChI=1S/C21H22N2O4/c1-2-27-18(24)13-7-6-11-17-19(25)16-12-8-14-22-20(16)23(21(17)26)15-9-4-3-5-10-15/h3-5,8-10,12,14,25H,2,6-7,11,13H2,1H3. The van der Waals surface area contributed by atoms with Crippen molar-refractivity contribution in [3.63, 3.8) is 0 Å². The lowest BCUT2D eigenvalue weighted by Crippen LogP contribution is -2.23. The highest BCUT2D eigenvalue weighted by atomic mass is 16.5. The smallest absolute Gasteiger partial charge is 0.305 e. The molecule has 3 rings (SSSR count). The summed E-state index contributed by atoms with van der Waals surface area (Å²) in [6, 6.07) is 12.7. The van der Waals surface area contributed by atoms with Gasteiger partial charge in [0.2, 0.25) is 0 Å². The van der Waals surface area contributed by atoms with Crippen LogP contribution in [0.5, 0.6) is 5.75 Å². The van der Waals surface area contributed by atoms with E-state index in [9.17, 15) is 14.7 Å². The number of aromatic hydroxyl groups is 1. The van der Waals surface area contributed by atoms with Crippen LogP contribution < -0.4 is 5.56 Å². The fourth-order valence-electron chi connectivity index (χ4n) is 3.10. The number of carbonyl (C=O) groups excluding carboxylic acids is 1. The van der Waals surface area contributed by atoms with Crippen molar-refractivity contribution >= 4 is 17.0 Å². The molecule has 6 nitrogen and oxygen atoms in total. The number of carbonyl (C=O) groups is 1. The molecule has 6 heteroatoms. The van der Waals surface area contributed by atoms with Gasteiger partial charge in [-0.2, -0.15) is 0 Å². The van der Waals surface area contributed by atoms with E-state index in [4.69, 9.17) is 4.74 Å². The molecule has 0 aliphatic heterocycles. The maximum absolute atomic E-state index is 13.1. The van der Waals surface area contributed by atoms with E-state index in [0.29, 0.717) is 54.6 Å². The molecule has 0 spiro atoms. The predicted molar refractivity (Wildman–Crippen MR) is 103 cm³/mol. The molecule has 0 aliphatic carbocycles. The Kier molecular flexibility index (Phi) is 5.86. The Morgan fingerprint density at radius 2 is 1.93 bits per heavy atom. The largest absolute Gasteiger partial charge is 0.507 e. The Hall–Kier alpha value is -3.15. The highest BCUT2D eigenvalue weighted by Crippen LogP contribution is 2.27. The molecule has 0 atom stereocenters. The molecule has 3 aromatic rings. The van der Waals surface area contributed by atoms with Crippen LogP contribution in [-0.2, 0) is 16.0 Å². The Balaban J connectivity index is 1.96. The molecule has 140 valence electrons. The number of pyridine rings is 2. The van der Waals surface area contributed by atoms with Gasteiger partial charge in [-0.3, -0.25) is 14.2 Å². The van der Waals surface area contributed by atoms with Crippen LogP contribution in [0.4, 0.5) is 0 Å². The molecule has 0 aliphatic rings. The summed E-state index contributed by atoms with van der Waals surface area (Å²) in [5.74, 6) is -0.280. The fourth-order valence-corrected chi connectivity index (χ4v) is 3.10. The van der Waals surface area contributed by atoms with Crippen LogP contribution in [0.15, 0.2) is 53.5 Å². The number of benzene rings is 1. The maximum Gasteiger partial charge on any atom is 0.305 e. The number of aromatic nitrogens is 2. The van der Waals surface area contributed by atoms with Crippen molar-refractivity contribution in [3.8, 4) is 11.4 Å². The normalized spacial score (nSPS) is 10.9. The topological polar surface area (TPSA) is 81.4 Å². The Morgan fingerprint density at radius 3 is 2.67 bits per heavy atom. The molecule has 27 heavy (non-hydrogen) atoms. The molecule has 0 fully saturated rings. The summed E-state index contributed by atoms with van der Waals surface area (Å²) in [6.07, 6.45) is 3.47. The van der Waals surface area contributed by atoms with Crippen molar-refractivity contribution in [1.82, 2.24) is 9.55 Å². The van der Waals surface area contributed by atoms with Gasteiger partial charge in [0.25, 0.3) is 5.56 Å². The SMILES string of the molecule is CCOC(=O)CCCCc1c(O)c2cccnc2n(-c2ccccc2)c1=O. The molecule has 0 amide bonds. The second kappa shape index (κ2) is 8.49. The average molecular weight is 366 g/mol. The molecule has 0 saturated heterocycles. The van der Waals surface area contributed by atoms with Gasteiger partial charge in [-0.15, -0.1) is 0 Å². The molecular weight excluding hydrogens is 344 g/mol. The van der Waals surface area contributed by atoms with Gasteiger partial charge in [0.15, 0.2) is 5.65 Å². The highest BCUT2D eigenvalue weighted by Gasteiger charge is 2.17. The van der Waals surface area contributed by atoms with E-state index in [1.165, 1.54) is 4.57 Å². The van der Waals surface area contributed by atoms with Crippen LogP contribution in [0.2, 0.25) is 0 Å². The first-order chi connectivity index (χ1) is 13.1. The van der Waals surface area contributed by atoms with Gasteiger partial charge < -0.3 is 9.84 Å². The van der Waals surface area contributed by atoms with Crippen LogP contribution >= 0.6 is 0 Å². The molecule has 1 N–H and O–H groups in total. The highest BCUT2D eigenvalue weighted by molar-refractivity contribution is 5.84. The first-order valence-electron chi connectivity index (χ1n) is 9.06. The van der Waals surface area contributed by atoms with E-state index in [0.717, 1.165) is 0 Å². The minimum absolute atomic E-state index is 0.0357. The van der Waals surface area contributed by atoms with E-state index in [2.05, 4.69) is 4.98 Å². The Labute approximate surface area is 157 Å². The summed E-state index contributed by atoms with van der Waals surface area (Å²) in [4.78, 5) is 28.9. The third-order valence-corrected chi connectivity index (χ3v) is 4.38. The summed E-state index contributed by atoms with van der Waals surface area (Å²) in [7, 11) is 0. The van der Waals surface area contributed by atoms with E-state index in [1.807, 2.05) is 30.3 Å². The maximum atomic E-state index is 13.1. The number of para-hydroxylation sites is 1. The average Bonchev–Trinajstić information content (AvgIpc) is 2.68. The van der Waals surface area contributed by atoms with Gasteiger partial charge in [0, 0.05) is 12.6 Å². The number of hydrogen-bond acceptors (Lipinski definition) is 5. The molecule has 0 saturated carbocycles. The molecule has 0 radical (unpaired) electrons. The first-order valence-corrected chi connectivity index (χ1v) is 9.06. The molecule has 0 unspecified atom stereocenters. The molecule has 2 heterocycles. The zero-order valence-corrected chi connectivity index (χ0v) is 15.2. The van der Waals surface area contributed by atoms with E-state index < -0.39 is 0 Å². The number of fused-ring (bicyclic) bond motifs is 1. The van der Waals surface area contributed by atoms with Crippen molar-refractivity contribution in [3.05, 3.63) is 64.6 Å². The Bertz CT molecular complexity index is 996. The summed E-state index contributed by atoms with van der Waals surface area (Å²) in [5, 5.41) is 11.2. The third kappa shape index (κ3) is 4.00. The van der Waals surface area contributed by atoms with Crippen LogP contribution in [-0.4, -0.2) is 27.2 Å². The second-order valence-electron chi connectivity index (χ2n) is 6.19. The third-order valence-electron chi connectivity index (χ3n) is 4.38. The minimum atomic E-state index is -0.291. The summed E-state index contributed by atoms with van der Waals surface area (Å²) in [6.45, 7) is 2.13. The molecule has 1 aromatic carbocycles. The number of esters is 1. The number of ether oxygens (including phenoxy) is 1. The van der Waals surface area contributed by atoms with Gasteiger partial charge in [-0.25, -0.2) is 4.98 Å². The summed E-state index contributed by atoms with van der Waals surface area (Å²) in [5.41, 5.74) is 1.16. The monoisotopic (exact) mass is 366 g/mol. The second-order valence-corrected chi connectivity index (χ2v) is 6.19. The van der Waals surface area contributed by atoms with Crippen LogP contribution in [0.3, 0.4) is 0 Å². The van der Waals surface area contributed by atoms with Crippen molar-refractivity contribution in [1.29, 1.82) is 0 Å². The number of nitrogens with zero attached hydrogens (tertiary/aromatic N) is 2. The van der Waals surface area contributed by atoms with Gasteiger partial charge in [0.1, 0.15) is 5.75 Å². The lowest BCUT2D eigenvalue weighted by Gasteiger charge is -2.14.